The minimum absolute atomic E-state index is 0.158. The first-order valence-electron chi connectivity index (χ1n) is 13.9. The van der Waals surface area contributed by atoms with Crippen LogP contribution in [0.5, 0.6) is 5.75 Å². The zero-order chi connectivity index (χ0) is 31.5. The number of nitrogens with two attached hydrogens (primary N) is 1. The molecule has 1 aliphatic carbocycles. The van der Waals surface area contributed by atoms with E-state index < -0.39 is 56.5 Å². The summed E-state index contributed by atoms with van der Waals surface area (Å²) >= 11 is 0. The number of esters is 1. The summed E-state index contributed by atoms with van der Waals surface area (Å²) in [6, 6.07) is 6.91. The van der Waals surface area contributed by atoms with Gasteiger partial charge in [0.1, 0.15) is 0 Å². The van der Waals surface area contributed by atoms with Crippen LogP contribution in [-0.2, 0) is 18.8 Å². The van der Waals surface area contributed by atoms with E-state index in [-0.39, 0.29) is 29.0 Å². The average molecular weight is 638 g/mol. The fourth-order valence-corrected chi connectivity index (χ4v) is 6.85. The van der Waals surface area contributed by atoms with Crippen LogP contribution in [0, 0.1) is 0 Å². The molecule has 6 N–H and O–H groups in total. The average Bonchev–Trinajstić information content (AvgIpc) is 3.52. The monoisotopic (exact) mass is 637 g/mol. The maximum absolute atomic E-state index is 15.6. The van der Waals surface area contributed by atoms with Crippen molar-refractivity contribution in [3.05, 3.63) is 57.5 Å². The molecule has 44 heavy (non-hydrogen) atoms. The molecule has 1 aromatic carbocycles. The number of aromatic amines is 1. The van der Waals surface area contributed by atoms with E-state index in [0.717, 1.165) is 43.0 Å². The second-order valence-corrected chi connectivity index (χ2v) is 12.5. The topological polar surface area (TPSA) is 245 Å². The number of rotatable bonds is 11. The van der Waals surface area contributed by atoms with Gasteiger partial charge in [-0.2, -0.15) is 0 Å². The number of benzene rings is 1. The number of aliphatic hydroxyl groups excluding tert-OH is 1. The summed E-state index contributed by atoms with van der Waals surface area (Å²) in [5, 5.41) is 17.1. The molecule has 2 fully saturated rings. The van der Waals surface area contributed by atoms with Crippen molar-refractivity contribution in [2.24, 2.45) is 5.11 Å². The molecule has 0 bridgehead atoms. The Labute approximate surface area is 249 Å². The number of alkyl halides is 1. The van der Waals surface area contributed by atoms with Gasteiger partial charge in [0, 0.05) is 0 Å². The van der Waals surface area contributed by atoms with Crippen molar-refractivity contribution in [1.82, 2.24) is 24.6 Å². The molecule has 0 spiro atoms. The van der Waals surface area contributed by atoms with Crippen LogP contribution < -0.4 is 20.9 Å². The number of hydrogen-bond donors (Lipinski definition) is 5. The number of aliphatic hydroxyl groups is 1. The van der Waals surface area contributed by atoms with Gasteiger partial charge in [0.15, 0.2) is 0 Å². The Morgan fingerprint density at radius 3 is 2.82 bits per heavy atom. The number of carbonyl (C=O) groups is 1. The molecular weight excluding hydrogens is 604 g/mol. The van der Waals surface area contributed by atoms with Crippen molar-refractivity contribution >= 4 is 31.2 Å². The first kappa shape index (κ1) is 31.5. The van der Waals surface area contributed by atoms with Crippen LogP contribution in [-0.4, -0.2) is 72.2 Å². The Hall–Kier alpha value is -3.89. The molecule has 3 aromatic rings. The summed E-state index contributed by atoms with van der Waals surface area (Å²) in [7, 11) is -4.67. The third kappa shape index (κ3) is 6.61. The fourth-order valence-electron chi connectivity index (χ4n) is 5.13. The molecule has 0 radical (unpaired) electrons. The number of nitrogens with zero attached hydrogens (tertiary/aromatic N) is 6. The molecule has 17 nitrogen and oxygen atoms in total. The van der Waals surface area contributed by atoms with Crippen molar-refractivity contribution < 1.29 is 37.7 Å². The number of halogens is 1. The van der Waals surface area contributed by atoms with Crippen molar-refractivity contribution in [2.45, 2.75) is 75.4 Å². The van der Waals surface area contributed by atoms with Gasteiger partial charge in [-0.15, -0.1) is 0 Å². The Bertz CT molecular complexity index is 1580. The quantitative estimate of drug-likeness (QED) is 0.0668. The van der Waals surface area contributed by atoms with E-state index in [1.54, 1.807) is 18.2 Å². The van der Waals surface area contributed by atoms with E-state index in [4.69, 9.17) is 24.3 Å². The minimum atomic E-state index is -4.67. The number of azide groups is 1. The second kappa shape index (κ2) is 13.0. The molecule has 0 unspecified atom stereocenters. The van der Waals surface area contributed by atoms with Gasteiger partial charge in [-0.3, -0.25) is 0 Å². The number of hydrogen-bond acceptors (Lipinski definition) is 13. The molecule has 0 amide bonds. The first-order valence-corrected chi connectivity index (χ1v) is 15.7. The van der Waals surface area contributed by atoms with Gasteiger partial charge in [0.2, 0.25) is 0 Å². The third-order valence-corrected chi connectivity index (χ3v) is 9.21. The Balaban J connectivity index is 1.39. The predicted molar refractivity (Wildman–Crippen MR) is 155 cm³/mol. The number of imidazole rings is 1. The van der Waals surface area contributed by atoms with Crippen LogP contribution in [0.3, 0.4) is 0 Å². The number of H-pyrrole nitrogens is 1. The van der Waals surface area contributed by atoms with Crippen LogP contribution >= 0.6 is 8.09 Å². The Morgan fingerprint density at radius 2 is 2.11 bits per heavy atom. The molecule has 3 heterocycles. The van der Waals surface area contributed by atoms with Crippen LogP contribution in [0.15, 0.2) is 46.6 Å². The van der Waals surface area contributed by atoms with Crippen LogP contribution in [0.25, 0.3) is 21.6 Å². The number of carbonyl (C=O) groups excluding carboxylic acids is 1. The van der Waals surface area contributed by atoms with E-state index in [1.165, 1.54) is 19.1 Å². The van der Waals surface area contributed by atoms with Gasteiger partial charge in [0.25, 0.3) is 0 Å². The number of para-hydroxylation sites is 1. The molecular formula is C25H33FN9O8P. The summed E-state index contributed by atoms with van der Waals surface area (Å²) < 4.78 is 39.4. The van der Waals surface area contributed by atoms with Crippen molar-refractivity contribution in [3.63, 3.8) is 0 Å². The van der Waals surface area contributed by atoms with E-state index in [1.807, 2.05) is 0 Å². The van der Waals surface area contributed by atoms with Crippen LogP contribution in [0.1, 0.15) is 45.3 Å². The molecule has 5 rings (SSSR count). The standard InChI is InChI=1S/C25H33FN9O8P/c1-14(23(38)41-15-8-4-2-5-9-15)32-44(39,43-16-10-6-3-7-11-16)40-12-25(33-34-28)19(36)17(26)22(42-25)35-13-29-18-20(35)30-24(27)31-21(18)37/h3,6-7,10-11,13-15,17,19,22,32,36,39,44H,2,4-5,8-9,12H2,1H3,(H3,27,30,31,37)/t14-,17+,19-,22+,25+/m0/s1. The van der Waals surface area contributed by atoms with Crippen LogP contribution in [0.4, 0.5) is 10.3 Å². The van der Waals surface area contributed by atoms with Gasteiger partial charge >= 0.3 is 250 Å². The summed E-state index contributed by atoms with van der Waals surface area (Å²) in [4.78, 5) is 49.5. The molecule has 1 aliphatic heterocycles. The summed E-state index contributed by atoms with van der Waals surface area (Å²) in [5.74, 6) is -0.769. The molecule has 5 atom stereocenters. The summed E-state index contributed by atoms with van der Waals surface area (Å²) in [6.45, 7) is 0.522. The molecule has 2 aliphatic rings. The first-order chi connectivity index (χ1) is 21.0. The predicted octanol–water partition coefficient (Wildman–Crippen LogP) is 2.29. The third-order valence-electron chi connectivity index (χ3n) is 7.36. The van der Waals surface area contributed by atoms with E-state index in [2.05, 4.69) is 30.1 Å². The Kier molecular flexibility index (Phi) is 9.31. The van der Waals surface area contributed by atoms with Gasteiger partial charge < -0.3 is 0 Å². The normalized spacial score (nSPS) is 25.3. The molecule has 2 aromatic heterocycles. The second-order valence-electron chi connectivity index (χ2n) is 10.6. The zero-order valence-electron chi connectivity index (χ0n) is 23.6. The molecule has 1 saturated carbocycles. The maximum atomic E-state index is 15.6. The summed E-state index contributed by atoms with van der Waals surface area (Å²) in [6.07, 6.45) is -0.899. The number of anilines is 1. The molecule has 19 heteroatoms. The van der Waals surface area contributed by atoms with Gasteiger partial charge in [0.05, 0.1) is 0 Å². The number of aromatic nitrogens is 4. The SMILES string of the molecule is C[C@H](N[PH](O)(OC[C@@]1(N=[N+]=[N-])O[C@@H](n2cnc3c(=O)[nH]c(N)nc32)[C@H](F)[C@@H]1O)Oc1ccccc1)C(=O)OC1CCCCC1. The number of nitrogen functional groups attached to an aromatic ring is 1. The van der Waals surface area contributed by atoms with Crippen molar-refractivity contribution in [1.29, 1.82) is 0 Å². The number of ether oxygens (including phenoxy) is 2. The molecule has 1 saturated heterocycles. The summed E-state index contributed by atoms with van der Waals surface area (Å²) in [5.41, 5.74) is 11.5. The number of nitrogens with one attached hydrogen (secondary N) is 2. The van der Waals surface area contributed by atoms with E-state index >= 15 is 4.39 Å². The zero-order valence-corrected chi connectivity index (χ0v) is 24.6. The fraction of sp³-hybridized carbons (Fsp3) is 0.520. The van der Waals surface area contributed by atoms with Gasteiger partial charge in [-0.1, -0.05) is 0 Å². The Morgan fingerprint density at radius 1 is 1.39 bits per heavy atom. The van der Waals surface area contributed by atoms with Crippen LogP contribution in [0.2, 0.25) is 0 Å². The van der Waals surface area contributed by atoms with Gasteiger partial charge in [-0.05, 0) is 0 Å². The number of fused-ring (bicyclic) bond motifs is 1. The van der Waals surface area contributed by atoms with E-state index in [0.29, 0.717) is 0 Å². The molecule has 238 valence electrons. The van der Waals surface area contributed by atoms with Gasteiger partial charge in [-0.25, -0.2) is 0 Å². The van der Waals surface area contributed by atoms with Crippen molar-refractivity contribution in [2.75, 3.05) is 12.3 Å². The van der Waals surface area contributed by atoms with E-state index in [9.17, 15) is 25.1 Å². The van der Waals surface area contributed by atoms with Crippen molar-refractivity contribution in [3.8, 4) is 5.75 Å².